The summed E-state index contributed by atoms with van der Waals surface area (Å²) in [4.78, 5) is 57.2. The Balaban J connectivity index is 1.35. The minimum absolute atomic E-state index is 0.267. The van der Waals surface area contributed by atoms with Crippen LogP contribution in [0.1, 0.15) is 34.5 Å². The first kappa shape index (κ1) is 24.0. The molecule has 0 spiro atoms. The van der Waals surface area contributed by atoms with Crippen LogP contribution < -0.4 is 9.64 Å². The summed E-state index contributed by atoms with van der Waals surface area (Å²) in [5.41, 5.74) is 2.79. The number of ether oxygens (including phenoxy) is 1. The van der Waals surface area contributed by atoms with Crippen LogP contribution in [0, 0.1) is 11.8 Å². The summed E-state index contributed by atoms with van der Waals surface area (Å²) in [7, 11) is 0. The third kappa shape index (κ3) is 3.51. The molecule has 3 aliphatic heterocycles. The zero-order chi connectivity index (χ0) is 27.5. The molecule has 0 bridgehead atoms. The van der Waals surface area contributed by atoms with Crippen molar-refractivity contribution in [3.8, 4) is 5.75 Å². The maximum absolute atomic E-state index is 14.3. The lowest BCUT2D eigenvalue weighted by Crippen LogP contribution is -2.44. The molecule has 7 nitrogen and oxygen atoms in total. The summed E-state index contributed by atoms with van der Waals surface area (Å²) in [5, 5.41) is 1.72. The summed E-state index contributed by atoms with van der Waals surface area (Å²) >= 11 is 0. The number of Topliss-reactive ketones (excluding diaryl/α,β-unsaturated/α-hetero) is 1. The van der Waals surface area contributed by atoms with Crippen molar-refractivity contribution in [1.29, 1.82) is 0 Å². The topological polar surface area (TPSA) is 84.0 Å². The van der Waals surface area contributed by atoms with Crippen molar-refractivity contribution in [2.75, 3.05) is 4.90 Å². The minimum Gasteiger partial charge on any atom is -0.427 e. The van der Waals surface area contributed by atoms with Crippen LogP contribution >= 0.6 is 0 Å². The first-order chi connectivity index (χ1) is 19.4. The lowest BCUT2D eigenvalue weighted by molar-refractivity contribution is -0.132. The molecule has 196 valence electrons. The molecule has 2 saturated heterocycles. The second-order valence-corrected chi connectivity index (χ2v) is 10.3. The predicted octanol–water partition coefficient (Wildman–Crippen LogP) is 5.16. The third-order valence-electron chi connectivity index (χ3n) is 8.14. The number of benzene rings is 4. The first-order valence-corrected chi connectivity index (χ1v) is 13.2. The highest BCUT2D eigenvalue weighted by Crippen LogP contribution is 2.54. The lowest BCUT2D eigenvalue weighted by atomic mass is 9.83. The van der Waals surface area contributed by atoms with Gasteiger partial charge in [-0.3, -0.25) is 19.2 Å². The molecule has 2 amide bonds. The van der Waals surface area contributed by atoms with Crippen molar-refractivity contribution in [3.05, 3.63) is 114 Å². The molecule has 0 N–H and O–H groups in total. The molecule has 4 aromatic carbocycles. The van der Waals surface area contributed by atoms with Gasteiger partial charge in [-0.1, -0.05) is 60.7 Å². The molecule has 0 saturated carbocycles. The summed E-state index contributed by atoms with van der Waals surface area (Å²) in [6.45, 7) is 1.31. The van der Waals surface area contributed by atoms with Gasteiger partial charge >= 0.3 is 5.97 Å². The fourth-order valence-corrected chi connectivity index (χ4v) is 6.52. The summed E-state index contributed by atoms with van der Waals surface area (Å²) in [6.07, 6.45) is 3.76. The molecule has 0 aliphatic carbocycles. The normalized spacial score (nSPS) is 22.7. The number of carbonyl (C=O) groups excluding carboxylic acids is 4. The van der Waals surface area contributed by atoms with Crippen molar-refractivity contribution in [2.24, 2.45) is 11.8 Å². The van der Waals surface area contributed by atoms with Gasteiger partial charge in [-0.25, -0.2) is 4.90 Å². The number of hydrogen-bond acceptors (Lipinski definition) is 6. The molecule has 0 radical (unpaired) electrons. The zero-order valence-electron chi connectivity index (χ0n) is 21.6. The number of imide groups is 1. The van der Waals surface area contributed by atoms with E-state index in [1.807, 2.05) is 77.8 Å². The van der Waals surface area contributed by atoms with Crippen LogP contribution in [0.15, 0.2) is 97.2 Å². The standard InChI is InChI=1S/C33H24N2O5/c1-19(36)40-23-15-13-22(14-16-23)31(37)30-28-27(29-25-11-5-3-8-21(25)17-18-34(29)30)32(38)35(33(28)39)26-12-6-9-20-7-2-4-10-24(20)26/h2-18,27-30H,1H3. The molecule has 4 aromatic rings. The Bertz CT molecular complexity index is 1750. The number of rotatable bonds is 4. The minimum atomic E-state index is -0.879. The number of amides is 2. The van der Waals surface area contributed by atoms with Gasteiger partial charge in [0.1, 0.15) is 11.8 Å². The summed E-state index contributed by atoms with van der Waals surface area (Å²) < 4.78 is 5.12. The molecule has 7 heteroatoms. The summed E-state index contributed by atoms with van der Waals surface area (Å²) in [6, 6.07) is 26.0. The summed E-state index contributed by atoms with van der Waals surface area (Å²) in [5.74, 6) is -2.67. The Morgan fingerprint density at radius 2 is 1.48 bits per heavy atom. The van der Waals surface area contributed by atoms with Crippen LogP contribution in [-0.2, 0) is 14.4 Å². The van der Waals surface area contributed by atoms with Crippen molar-refractivity contribution < 1.29 is 23.9 Å². The number of ketones is 1. The van der Waals surface area contributed by atoms with Gasteiger partial charge in [-0.15, -0.1) is 0 Å². The van der Waals surface area contributed by atoms with E-state index in [2.05, 4.69) is 0 Å². The van der Waals surface area contributed by atoms with Gasteiger partial charge in [-0.05, 0) is 52.9 Å². The van der Waals surface area contributed by atoms with Crippen LogP contribution in [0.2, 0.25) is 0 Å². The lowest BCUT2D eigenvalue weighted by Gasteiger charge is -2.35. The van der Waals surface area contributed by atoms with Crippen molar-refractivity contribution >= 4 is 46.1 Å². The van der Waals surface area contributed by atoms with E-state index in [1.54, 1.807) is 30.3 Å². The van der Waals surface area contributed by atoms with Gasteiger partial charge in [0.2, 0.25) is 11.8 Å². The average molecular weight is 529 g/mol. The number of carbonyl (C=O) groups is 4. The maximum atomic E-state index is 14.3. The van der Waals surface area contributed by atoms with Crippen molar-refractivity contribution in [2.45, 2.75) is 19.0 Å². The highest BCUT2D eigenvalue weighted by Gasteiger charge is 2.64. The maximum Gasteiger partial charge on any atom is 0.308 e. The largest absolute Gasteiger partial charge is 0.427 e. The van der Waals surface area contributed by atoms with Gasteiger partial charge in [0.05, 0.1) is 23.6 Å². The van der Waals surface area contributed by atoms with Gasteiger partial charge in [0.25, 0.3) is 0 Å². The molecule has 4 unspecified atom stereocenters. The van der Waals surface area contributed by atoms with Crippen LogP contribution in [0.4, 0.5) is 5.69 Å². The predicted molar refractivity (Wildman–Crippen MR) is 149 cm³/mol. The van der Waals surface area contributed by atoms with E-state index in [4.69, 9.17) is 4.74 Å². The SMILES string of the molecule is CC(=O)Oc1ccc(C(=O)C2C3C(=O)N(c4cccc5ccccc45)C(=O)C3C3c4ccccc4C=CN23)cc1. The molecule has 4 atom stereocenters. The average Bonchev–Trinajstić information content (AvgIpc) is 3.44. The van der Waals surface area contributed by atoms with E-state index >= 15 is 0 Å². The monoisotopic (exact) mass is 528 g/mol. The molecule has 2 fully saturated rings. The Morgan fingerprint density at radius 1 is 0.775 bits per heavy atom. The van der Waals surface area contributed by atoms with E-state index < -0.39 is 29.9 Å². The van der Waals surface area contributed by atoms with Crippen LogP contribution in [-0.4, -0.2) is 34.5 Å². The highest BCUT2D eigenvalue weighted by atomic mass is 16.5. The van der Waals surface area contributed by atoms with Gasteiger partial charge in [0.15, 0.2) is 5.78 Å². The van der Waals surface area contributed by atoms with E-state index in [9.17, 15) is 19.2 Å². The number of nitrogens with zero attached hydrogens (tertiary/aromatic N) is 2. The van der Waals surface area contributed by atoms with Crippen molar-refractivity contribution in [3.63, 3.8) is 0 Å². The van der Waals surface area contributed by atoms with E-state index in [1.165, 1.54) is 11.8 Å². The van der Waals surface area contributed by atoms with Gasteiger partial charge in [0, 0.05) is 24.1 Å². The van der Waals surface area contributed by atoms with Crippen molar-refractivity contribution in [1.82, 2.24) is 4.90 Å². The number of fused-ring (bicyclic) bond motifs is 6. The second-order valence-electron chi connectivity index (χ2n) is 10.3. The Kier molecular flexibility index (Phi) is 5.42. The van der Waals surface area contributed by atoms with Crippen LogP contribution in [0.25, 0.3) is 16.8 Å². The first-order valence-electron chi connectivity index (χ1n) is 13.2. The third-order valence-corrected chi connectivity index (χ3v) is 8.14. The number of anilines is 1. The van der Waals surface area contributed by atoms with Crippen LogP contribution in [0.3, 0.4) is 0 Å². The van der Waals surface area contributed by atoms with Gasteiger partial charge in [-0.2, -0.15) is 0 Å². The van der Waals surface area contributed by atoms with E-state index in [-0.39, 0.29) is 17.6 Å². The zero-order valence-corrected chi connectivity index (χ0v) is 21.6. The Morgan fingerprint density at radius 3 is 2.27 bits per heavy atom. The number of hydrogen-bond donors (Lipinski definition) is 0. The molecule has 0 aromatic heterocycles. The Hall–Kier alpha value is -5.04. The number of esters is 1. The fraction of sp³-hybridized carbons (Fsp3) is 0.152. The molecule has 40 heavy (non-hydrogen) atoms. The van der Waals surface area contributed by atoms with Crippen LogP contribution in [0.5, 0.6) is 5.75 Å². The molecule has 7 rings (SSSR count). The molecular weight excluding hydrogens is 504 g/mol. The molecule has 3 heterocycles. The second kappa shape index (κ2) is 9.02. The quantitative estimate of drug-likeness (QED) is 0.157. The highest BCUT2D eigenvalue weighted by molar-refractivity contribution is 6.27. The van der Waals surface area contributed by atoms with E-state index in [0.29, 0.717) is 17.0 Å². The van der Waals surface area contributed by atoms with E-state index in [0.717, 1.165) is 21.9 Å². The van der Waals surface area contributed by atoms with Gasteiger partial charge < -0.3 is 9.64 Å². The fourth-order valence-electron chi connectivity index (χ4n) is 6.52. The Labute approximate surface area is 230 Å². The smallest absolute Gasteiger partial charge is 0.308 e. The molecule has 3 aliphatic rings. The molecular formula is C33H24N2O5.